The summed E-state index contributed by atoms with van der Waals surface area (Å²) in [5.41, 5.74) is 2.76. The van der Waals surface area contributed by atoms with Crippen molar-refractivity contribution in [2.45, 2.75) is 166 Å². The van der Waals surface area contributed by atoms with Gasteiger partial charge in [0.1, 0.15) is 35.2 Å². The van der Waals surface area contributed by atoms with Crippen LogP contribution in [0.15, 0.2) is 135 Å². The molecule has 15 nitrogen and oxygen atoms in total. The van der Waals surface area contributed by atoms with Crippen LogP contribution in [-0.4, -0.2) is 87.7 Å². The highest BCUT2D eigenvalue weighted by atomic mass is 16.6. The van der Waals surface area contributed by atoms with Crippen LogP contribution < -0.4 is 18.9 Å². The summed E-state index contributed by atoms with van der Waals surface area (Å²) in [5.74, 6) is 1.89. The van der Waals surface area contributed by atoms with Gasteiger partial charge in [-0.15, -0.1) is 0 Å². The third-order valence-corrected chi connectivity index (χ3v) is 14.7. The molecule has 2 aliphatic carbocycles. The molecule has 2 fully saturated rings. The van der Waals surface area contributed by atoms with E-state index in [4.69, 9.17) is 42.6 Å². The minimum absolute atomic E-state index is 0.227. The van der Waals surface area contributed by atoms with Crippen molar-refractivity contribution in [1.82, 2.24) is 0 Å². The van der Waals surface area contributed by atoms with Gasteiger partial charge in [0.05, 0.1) is 56.3 Å². The second kappa shape index (κ2) is 39.7. The molecule has 0 bridgehead atoms. The Kier molecular flexibility index (Phi) is 31.7. The Morgan fingerprint density at radius 3 is 1.05 bits per heavy atom. The van der Waals surface area contributed by atoms with Gasteiger partial charge >= 0.3 is 35.8 Å². The molecular formula is C69H88O15. The van der Waals surface area contributed by atoms with Crippen molar-refractivity contribution in [3.05, 3.63) is 157 Å². The molecular weight excluding hydrogens is 1070 g/mol. The van der Waals surface area contributed by atoms with Gasteiger partial charge in [-0.05, 0) is 231 Å². The standard InChI is InChI=1S/C38H48O10.C31H40O5/c1-3-35(39)45-27-11-7-5-9-25-43-31-17-13-29(14-18-31)37(41)47-33-21-23-34(24-22-33)48-38(42)30-15-19-32(20-16-30)44-26-10-6-8-12-28-46-36(40)4-2;1-3-9-24-10-12-25(13-11-24)26-14-20-29(21-15-26)36-31(33)27-16-18-28(19-17-27)34-22-7-5-6-8-23-35-30(32)4-2/h3-4,13-20,33-34H,1-2,5-12,21-28H2;4,14-21,24-25H,2-3,5-13,22-23H2,1H3. The van der Waals surface area contributed by atoms with Gasteiger partial charge in [-0.25, -0.2) is 28.8 Å². The lowest BCUT2D eigenvalue weighted by atomic mass is 9.77. The maximum Gasteiger partial charge on any atom is 0.343 e. The second-order valence-corrected chi connectivity index (χ2v) is 21.2. The minimum Gasteiger partial charge on any atom is -0.494 e. The summed E-state index contributed by atoms with van der Waals surface area (Å²) in [6, 6.07) is 28.9. The van der Waals surface area contributed by atoms with Crippen molar-refractivity contribution in [3.63, 3.8) is 0 Å². The molecule has 4 aromatic carbocycles. The zero-order valence-electron chi connectivity index (χ0n) is 49.3. The van der Waals surface area contributed by atoms with Crippen LogP contribution in [0.25, 0.3) is 0 Å². The van der Waals surface area contributed by atoms with Gasteiger partial charge in [-0.2, -0.15) is 0 Å². The number of hydrogen-bond acceptors (Lipinski definition) is 15. The van der Waals surface area contributed by atoms with Crippen molar-refractivity contribution in [3.8, 4) is 23.0 Å². The van der Waals surface area contributed by atoms with Gasteiger partial charge < -0.3 is 42.6 Å². The first-order chi connectivity index (χ1) is 41.0. The summed E-state index contributed by atoms with van der Waals surface area (Å²) in [4.78, 5) is 70.9. The Morgan fingerprint density at radius 2 is 0.714 bits per heavy atom. The van der Waals surface area contributed by atoms with Crippen molar-refractivity contribution in [2.24, 2.45) is 5.92 Å². The van der Waals surface area contributed by atoms with Crippen molar-refractivity contribution < 1.29 is 71.4 Å². The average Bonchev–Trinajstić information content (AvgIpc) is 3.59. The van der Waals surface area contributed by atoms with Crippen molar-refractivity contribution in [1.29, 1.82) is 0 Å². The van der Waals surface area contributed by atoms with E-state index in [1.54, 1.807) is 72.8 Å². The molecule has 2 saturated carbocycles. The first-order valence-electron chi connectivity index (χ1n) is 30.3. The van der Waals surface area contributed by atoms with Crippen LogP contribution in [0.2, 0.25) is 0 Å². The van der Waals surface area contributed by atoms with Crippen LogP contribution in [0.1, 0.15) is 191 Å². The molecule has 0 radical (unpaired) electrons. The van der Waals surface area contributed by atoms with Crippen LogP contribution in [0, 0.1) is 5.92 Å². The monoisotopic (exact) mass is 1160 g/mol. The van der Waals surface area contributed by atoms with E-state index in [2.05, 4.69) is 38.8 Å². The van der Waals surface area contributed by atoms with Gasteiger partial charge in [0.2, 0.25) is 0 Å². The molecule has 0 saturated heterocycles. The van der Waals surface area contributed by atoms with E-state index in [1.165, 1.54) is 50.2 Å². The van der Waals surface area contributed by atoms with Crippen LogP contribution in [-0.2, 0) is 38.1 Å². The average molecular weight is 1160 g/mol. The van der Waals surface area contributed by atoms with Crippen LogP contribution in [0.3, 0.4) is 0 Å². The second-order valence-electron chi connectivity index (χ2n) is 21.2. The summed E-state index contributed by atoms with van der Waals surface area (Å²) >= 11 is 0. The lowest BCUT2D eigenvalue weighted by Gasteiger charge is -2.28. The Balaban J connectivity index is 0.000000320. The third-order valence-electron chi connectivity index (χ3n) is 14.7. The smallest absolute Gasteiger partial charge is 0.343 e. The molecule has 454 valence electrons. The predicted molar refractivity (Wildman–Crippen MR) is 323 cm³/mol. The molecule has 0 heterocycles. The Morgan fingerprint density at radius 1 is 0.393 bits per heavy atom. The maximum atomic E-state index is 12.7. The lowest BCUT2D eigenvalue weighted by molar-refractivity contribution is -0.138. The van der Waals surface area contributed by atoms with Gasteiger partial charge in [-0.1, -0.05) is 51.6 Å². The number of carbonyl (C=O) groups excluding carboxylic acids is 6. The highest BCUT2D eigenvalue weighted by Gasteiger charge is 2.27. The fourth-order valence-corrected chi connectivity index (χ4v) is 9.87. The number of benzene rings is 4. The molecule has 0 N–H and O–H groups in total. The van der Waals surface area contributed by atoms with Gasteiger partial charge in [-0.3, -0.25) is 0 Å². The zero-order chi connectivity index (χ0) is 60.0. The van der Waals surface area contributed by atoms with Crippen LogP contribution >= 0.6 is 0 Å². The number of hydrogen-bond donors (Lipinski definition) is 0. The summed E-state index contributed by atoms with van der Waals surface area (Å²) in [7, 11) is 0. The molecule has 2 aliphatic rings. The largest absolute Gasteiger partial charge is 0.494 e. The molecule has 84 heavy (non-hydrogen) atoms. The number of carbonyl (C=O) groups is 6. The van der Waals surface area contributed by atoms with Gasteiger partial charge in [0, 0.05) is 18.2 Å². The fraction of sp³-hybridized carbons (Fsp3) is 0.478. The van der Waals surface area contributed by atoms with E-state index in [9.17, 15) is 28.8 Å². The van der Waals surface area contributed by atoms with Crippen LogP contribution in [0.4, 0.5) is 0 Å². The summed E-state index contributed by atoms with van der Waals surface area (Å²) in [6.07, 6.45) is 24.2. The summed E-state index contributed by atoms with van der Waals surface area (Å²) < 4.78 is 49.2. The van der Waals surface area contributed by atoms with Crippen LogP contribution in [0.5, 0.6) is 23.0 Å². The topological polar surface area (TPSA) is 185 Å². The first kappa shape index (κ1) is 67.1. The highest BCUT2D eigenvalue weighted by molar-refractivity contribution is 5.91. The van der Waals surface area contributed by atoms with E-state index < -0.39 is 11.9 Å². The number of unbranched alkanes of at least 4 members (excludes halogenated alkanes) is 9. The highest BCUT2D eigenvalue weighted by Crippen LogP contribution is 2.38. The molecule has 0 aliphatic heterocycles. The van der Waals surface area contributed by atoms with E-state index in [0.717, 1.165) is 101 Å². The minimum atomic E-state index is -0.397. The Hall–Kier alpha value is -7.68. The maximum absolute atomic E-state index is 12.7. The lowest BCUT2D eigenvalue weighted by Crippen LogP contribution is -2.29. The predicted octanol–water partition coefficient (Wildman–Crippen LogP) is 15.0. The van der Waals surface area contributed by atoms with E-state index >= 15 is 0 Å². The molecule has 0 aromatic heterocycles. The van der Waals surface area contributed by atoms with E-state index in [0.29, 0.717) is 105 Å². The Labute approximate surface area is 497 Å². The zero-order valence-corrected chi connectivity index (χ0v) is 49.3. The molecule has 15 heteroatoms. The van der Waals surface area contributed by atoms with Crippen molar-refractivity contribution >= 4 is 35.8 Å². The summed E-state index contributed by atoms with van der Waals surface area (Å²) in [5, 5.41) is 0. The van der Waals surface area contributed by atoms with Gasteiger partial charge in [0.15, 0.2) is 0 Å². The molecule has 4 aromatic rings. The van der Waals surface area contributed by atoms with E-state index in [1.807, 2.05) is 12.1 Å². The first-order valence-corrected chi connectivity index (χ1v) is 30.3. The molecule has 6 rings (SSSR count). The normalized spacial score (nSPS) is 16.2. The molecule has 0 unspecified atom stereocenters. The summed E-state index contributed by atoms with van der Waals surface area (Å²) in [6.45, 7) is 15.3. The molecule has 0 amide bonds. The molecule has 0 spiro atoms. The van der Waals surface area contributed by atoms with Crippen molar-refractivity contribution in [2.75, 3.05) is 39.6 Å². The van der Waals surface area contributed by atoms with E-state index in [-0.39, 0.29) is 36.1 Å². The van der Waals surface area contributed by atoms with Gasteiger partial charge in [0.25, 0.3) is 0 Å². The number of rotatable bonds is 36. The SMILES string of the molecule is C=CC(=O)OCCCCCCOc1ccc(C(=O)OC2CCC(OC(=O)c3ccc(OCCCCCCOC(=O)C=C)cc3)CC2)cc1.C=CC(=O)OCCCCCCOc1ccc(C(=O)Oc2ccc(C3CCC(CCC)CC3)cc2)cc1. The number of ether oxygens (including phenoxy) is 9. The number of esters is 6. The Bertz CT molecular complexity index is 2490. The fourth-order valence-electron chi connectivity index (χ4n) is 9.87. The molecule has 0 atom stereocenters. The third kappa shape index (κ3) is 26.7. The quantitative estimate of drug-likeness (QED) is 0.0138.